The molecule has 0 bridgehead atoms. The lowest BCUT2D eigenvalue weighted by Crippen LogP contribution is -2.50. The Morgan fingerprint density at radius 1 is 1.03 bits per heavy atom. The molecule has 0 saturated carbocycles. The first-order valence-electron chi connectivity index (χ1n) is 10.4. The minimum Gasteiger partial charge on any atom is -0.468 e. The summed E-state index contributed by atoms with van der Waals surface area (Å²) < 4.78 is 32.4. The maximum atomic E-state index is 13.2. The van der Waals surface area contributed by atoms with Gasteiger partial charge >= 0.3 is 5.97 Å². The third-order valence-electron chi connectivity index (χ3n) is 5.43. The van der Waals surface area contributed by atoms with E-state index < -0.39 is 15.3 Å². The van der Waals surface area contributed by atoms with E-state index in [1.165, 1.54) is 23.2 Å². The molecule has 2 aromatic rings. The number of rotatable bonds is 6. The smallest absolute Gasteiger partial charge is 0.318 e. The molecule has 0 N–H and O–H groups in total. The van der Waals surface area contributed by atoms with Crippen molar-refractivity contribution in [2.45, 2.75) is 35.8 Å². The third kappa shape index (κ3) is 5.16. The van der Waals surface area contributed by atoms with Gasteiger partial charge in [-0.05, 0) is 44.5 Å². The monoisotopic (exact) mass is 476 g/mol. The van der Waals surface area contributed by atoms with Crippen molar-refractivity contribution in [3.63, 3.8) is 0 Å². The molecule has 172 valence electrons. The van der Waals surface area contributed by atoms with Crippen LogP contribution in [0.5, 0.6) is 0 Å². The molecule has 1 unspecified atom stereocenters. The number of ether oxygens (including phenoxy) is 1. The first-order chi connectivity index (χ1) is 15.1. The normalized spacial score (nSPS) is 15.9. The summed E-state index contributed by atoms with van der Waals surface area (Å²) >= 11 is 1.27. The molecule has 2 aromatic carbocycles. The number of hydrogen-bond acceptors (Lipinski definition) is 6. The van der Waals surface area contributed by atoms with Gasteiger partial charge in [-0.25, -0.2) is 8.42 Å². The lowest BCUT2D eigenvalue weighted by molar-refractivity contribution is -0.139. The van der Waals surface area contributed by atoms with Gasteiger partial charge in [0.1, 0.15) is 5.25 Å². The molecule has 7 nitrogen and oxygen atoms in total. The van der Waals surface area contributed by atoms with Crippen molar-refractivity contribution in [2.75, 3.05) is 33.3 Å². The topological polar surface area (TPSA) is 84.0 Å². The molecule has 1 fully saturated rings. The van der Waals surface area contributed by atoms with Crippen molar-refractivity contribution >= 4 is 33.7 Å². The standard InChI is InChI=1S/C23H28N2O5S2/c1-16-9-10-21(17(2)15-16)32(28,29)25-13-11-24(12-14-25)22(26)19-7-5-6-8-20(19)31-18(3)23(27)30-4/h5-10,15,18H,11-14H2,1-4H3. The quantitative estimate of drug-likeness (QED) is 0.471. The lowest BCUT2D eigenvalue weighted by atomic mass is 10.2. The predicted octanol–water partition coefficient (Wildman–Crippen LogP) is 3.10. The summed E-state index contributed by atoms with van der Waals surface area (Å²) in [5.74, 6) is -0.531. The zero-order chi connectivity index (χ0) is 23.5. The Morgan fingerprint density at radius 2 is 1.69 bits per heavy atom. The zero-order valence-electron chi connectivity index (χ0n) is 18.7. The van der Waals surface area contributed by atoms with E-state index in [1.807, 2.05) is 19.1 Å². The van der Waals surface area contributed by atoms with Gasteiger partial charge in [-0.2, -0.15) is 4.31 Å². The molecule has 3 rings (SSSR count). The maximum absolute atomic E-state index is 13.2. The maximum Gasteiger partial charge on any atom is 0.318 e. The number of thioether (sulfide) groups is 1. The average molecular weight is 477 g/mol. The van der Waals surface area contributed by atoms with Crippen LogP contribution in [0.4, 0.5) is 0 Å². The van der Waals surface area contributed by atoms with Crippen LogP contribution < -0.4 is 0 Å². The average Bonchev–Trinajstić information content (AvgIpc) is 2.78. The molecule has 1 aliphatic heterocycles. The van der Waals surface area contributed by atoms with Crippen LogP contribution in [-0.4, -0.2) is 68.0 Å². The molecule has 0 radical (unpaired) electrons. The first kappa shape index (κ1) is 24.3. The van der Waals surface area contributed by atoms with Crippen molar-refractivity contribution in [1.82, 2.24) is 9.21 Å². The Balaban J connectivity index is 1.72. The number of hydrogen-bond donors (Lipinski definition) is 0. The van der Waals surface area contributed by atoms with Gasteiger partial charge in [0.15, 0.2) is 0 Å². The van der Waals surface area contributed by atoms with Gasteiger partial charge in [-0.1, -0.05) is 29.8 Å². The predicted molar refractivity (Wildman–Crippen MR) is 124 cm³/mol. The van der Waals surface area contributed by atoms with Crippen LogP contribution in [0, 0.1) is 13.8 Å². The van der Waals surface area contributed by atoms with Gasteiger partial charge in [-0.15, -0.1) is 11.8 Å². The first-order valence-corrected chi connectivity index (χ1v) is 12.7. The minimum atomic E-state index is -3.62. The Bertz CT molecular complexity index is 1110. The van der Waals surface area contributed by atoms with Gasteiger partial charge in [0.05, 0.1) is 17.6 Å². The largest absolute Gasteiger partial charge is 0.468 e. The second-order valence-corrected chi connectivity index (χ2v) is 11.0. The second-order valence-electron chi connectivity index (χ2n) is 7.74. The summed E-state index contributed by atoms with van der Waals surface area (Å²) in [7, 11) is -2.28. The van der Waals surface area contributed by atoms with Gasteiger partial charge in [-0.3, -0.25) is 9.59 Å². The van der Waals surface area contributed by atoms with E-state index in [0.29, 0.717) is 34.0 Å². The fourth-order valence-electron chi connectivity index (χ4n) is 3.68. The number of methoxy groups -OCH3 is 1. The van der Waals surface area contributed by atoms with Crippen molar-refractivity contribution in [2.24, 2.45) is 0 Å². The van der Waals surface area contributed by atoms with Gasteiger partial charge in [0.25, 0.3) is 5.91 Å². The number of amides is 1. The van der Waals surface area contributed by atoms with Crippen LogP contribution in [0.3, 0.4) is 0 Å². The molecule has 0 aromatic heterocycles. The highest BCUT2D eigenvalue weighted by molar-refractivity contribution is 8.00. The number of carbonyl (C=O) groups excluding carboxylic acids is 2. The Kier molecular flexibility index (Phi) is 7.63. The number of nitrogens with zero attached hydrogens (tertiary/aromatic N) is 2. The van der Waals surface area contributed by atoms with E-state index in [9.17, 15) is 18.0 Å². The van der Waals surface area contributed by atoms with Crippen molar-refractivity contribution in [1.29, 1.82) is 0 Å². The molecule has 0 spiro atoms. The number of sulfonamides is 1. The van der Waals surface area contributed by atoms with Crippen LogP contribution in [0.2, 0.25) is 0 Å². The lowest BCUT2D eigenvalue weighted by Gasteiger charge is -2.34. The SMILES string of the molecule is COC(=O)C(C)Sc1ccccc1C(=O)N1CCN(S(=O)(=O)c2ccc(C)cc2C)CC1. The third-order valence-corrected chi connectivity index (χ3v) is 8.64. The molecule has 1 amide bonds. The van der Waals surface area contributed by atoms with Crippen LogP contribution in [0.1, 0.15) is 28.4 Å². The summed E-state index contributed by atoms with van der Waals surface area (Å²) in [6, 6.07) is 12.4. The molecule has 1 saturated heterocycles. The van der Waals surface area contributed by atoms with Gasteiger partial charge in [0, 0.05) is 31.1 Å². The van der Waals surface area contributed by atoms with E-state index >= 15 is 0 Å². The molecule has 32 heavy (non-hydrogen) atoms. The summed E-state index contributed by atoms with van der Waals surface area (Å²) in [4.78, 5) is 27.6. The summed E-state index contributed by atoms with van der Waals surface area (Å²) in [5.41, 5.74) is 2.23. The number of aryl methyl sites for hydroxylation is 2. The highest BCUT2D eigenvalue weighted by Crippen LogP contribution is 2.29. The molecular weight excluding hydrogens is 448 g/mol. The number of carbonyl (C=O) groups is 2. The molecular formula is C23H28N2O5S2. The van der Waals surface area contributed by atoms with Crippen molar-refractivity contribution in [3.8, 4) is 0 Å². The fraction of sp³-hybridized carbons (Fsp3) is 0.391. The van der Waals surface area contributed by atoms with E-state index in [4.69, 9.17) is 4.74 Å². The number of esters is 1. The van der Waals surface area contributed by atoms with Gasteiger partial charge < -0.3 is 9.64 Å². The van der Waals surface area contributed by atoms with Crippen LogP contribution >= 0.6 is 11.8 Å². The Labute approximate surface area is 193 Å². The highest BCUT2D eigenvalue weighted by Gasteiger charge is 2.32. The van der Waals surface area contributed by atoms with E-state index in [0.717, 1.165) is 5.56 Å². The van der Waals surface area contributed by atoms with Gasteiger partial charge in [0.2, 0.25) is 10.0 Å². The van der Waals surface area contributed by atoms with E-state index in [2.05, 4.69) is 0 Å². The van der Waals surface area contributed by atoms with Crippen molar-refractivity contribution < 1.29 is 22.7 Å². The molecule has 9 heteroatoms. The van der Waals surface area contributed by atoms with Crippen LogP contribution in [0.15, 0.2) is 52.3 Å². The zero-order valence-corrected chi connectivity index (χ0v) is 20.3. The summed E-state index contributed by atoms with van der Waals surface area (Å²) in [6.07, 6.45) is 0. The molecule has 0 aliphatic carbocycles. The fourth-order valence-corrected chi connectivity index (χ4v) is 6.32. The van der Waals surface area contributed by atoms with Crippen molar-refractivity contribution in [3.05, 3.63) is 59.2 Å². The number of piperazine rings is 1. The summed E-state index contributed by atoms with van der Waals surface area (Å²) in [5, 5.41) is -0.450. The van der Waals surface area contributed by atoms with Crippen LogP contribution in [0.25, 0.3) is 0 Å². The minimum absolute atomic E-state index is 0.172. The molecule has 1 heterocycles. The Morgan fingerprint density at radius 3 is 2.31 bits per heavy atom. The Hall–Kier alpha value is -2.36. The van der Waals surface area contributed by atoms with E-state index in [1.54, 1.807) is 49.1 Å². The summed E-state index contributed by atoms with van der Waals surface area (Å²) in [6.45, 7) is 6.52. The highest BCUT2D eigenvalue weighted by atomic mass is 32.2. The number of benzene rings is 2. The van der Waals surface area contributed by atoms with Crippen LogP contribution in [-0.2, 0) is 19.6 Å². The molecule has 1 aliphatic rings. The van der Waals surface area contributed by atoms with E-state index in [-0.39, 0.29) is 25.0 Å². The molecule has 1 atom stereocenters. The second kappa shape index (κ2) is 10.1.